The van der Waals surface area contributed by atoms with Gasteiger partial charge < -0.3 is 15.5 Å². The Kier molecular flexibility index (Phi) is 8.20. The molecule has 2 N–H and O–H groups in total. The highest BCUT2D eigenvalue weighted by molar-refractivity contribution is 8.00. The lowest BCUT2D eigenvalue weighted by Gasteiger charge is -2.21. The lowest BCUT2D eigenvalue weighted by atomic mass is 10.2. The minimum Gasteiger partial charge on any atom is -0.372 e. The van der Waals surface area contributed by atoms with Crippen molar-refractivity contribution in [3.63, 3.8) is 0 Å². The third-order valence-electron chi connectivity index (χ3n) is 4.05. The molecule has 2 aromatic carbocycles. The zero-order valence-corrected chi connectivity index (χ0v) is 16.9. The van der Waals surface area contributed by atoms with Crippen molar-refractivity contribution in [3.8, 4) is 0 Å². The Bertz CT molecular complexity index is 758. The van der Waals surface area contributed by atoms with Gasteiger partial charge in [-0.25, -0.2) is 0 Å². The van der Waals surface area contributed by atoms with Gasteiger partial charge >= 0.3 is 0 Å². The van der Waals surface area contributed by atoms with Crippen LogP contribution in [0.3, 0.4) is 0 Å². The molecule has 144 valence electrons. The molecule has 0 spiro atoms. The van der Waals surface area contributed by atoms with Crippen LogP contribution in [0, 0.1) is 6.92 Å². The number of hydrogen-bond acceptors (Lipinski definition) is 4. The maximum absolute atomic E-state index is 12.1. The lowest BCUT2D eigenvalue weighted by Crippen LogP contribution is -2.21. The fourth-order valence-electron chi connectivity index (χ4n) is 2.70. The maximum Gasteiger partial charge on any atom is 0.234 e. The van der Waals surface area contributed by atoms with Crippen LogP contribution in [0.5, 0.6) is 0 Å². The number of anilines is 3. The molecule has 0 radical (unpaired) electrons. The van der Waals surface area contributed by atoms with E-state index in [1.165, 1.54) is 11.8 Å². The van der Waals surface area contributed by atoms with Gasteiger partial charge in [0.15, 0.2) is 0 Å². The van der Waals surface area contributed by atoms with Crippen LogP contribution >= 0.6 is 11.8 Å². The zero-order valence-electron chi connectivity index (χ0n) is 16.1. The van der Waals surface area contributed by atoms with Crippen LogP contribution in [-0.2, 0) is 9.59 Å². The highest BCUT2D eigenvalue weighted by Crippen LogP contribution is 2.18. The predicted octanol–water partition coefficient (Wildman–Crippen LogP) is 4.15. The topological polar surface area (TPSA) is 61.4 Å². The van der Waals surface area contributed by atoms with Crippen molar-refractivity contribution in [1.29, 1.82) is 0 Å². The van der Waals surface area contributed by atoms with Crippen molar-refractivity contribution < 1.29 is 9.59 Å². The summed E-state index contributed by atoms with van der Waals surface area (Å²) in [5.41, 5.74) is 3.77. The average Bonchev–Trinajstić information content (AvgIpc) is 2.64. The fourth-order valence-corrected chi connectivity index (χ4v) is 3.31. The van der Waals surface area contributed by atoms with Gasteiger partial charge in [0.1, 0.15) is 0 Å². The van der Waals surface area contributed by atoms with Gasteiger partial charge in [-0.15, -0.1) is 11.8 Å². The van der Waals surface area contributed by atoms with Gasteiger partial charge in [-0.05, 0) is 62.7 Å². The minimum absolute atomic E-state index is 0.109. The molecule has 0 atom stereocenters. The normalized spacial score (nSPS) is 10.3. The number of amides is 2. The number of thioether (sulfide) groups is 1. The monoisotopic (exact) mass is 385 g/mol. The summed E-state index contributed by atoms with van der Waals surface area (Å²) >= 11 is 1.30. The molecular formula is C21H27N3O2S. The summed E-state index contributed by atoms with van der Waals surface area (Å²) in [5.74, 6) is 0.252. The van der Waals surface area contributed by atoms with Crippen molar-refractivity contribution in [1.82, 2.24) is 0 Å². The van der Waals surface area contributed by atoms with Gasteiger partial charge in [0, 0.05) is 30.2 Å². The molecule has 2 aromatic rings. The summed E-state index contributed by atoms with van der Waals surface area (Å²) in [4.78, 5) is 26.3. The molecule has 0 aliphatic carbocycles. The molecule has 0 saturated carbocycles. The molecule has 0 unspecified atom stereocenters. The summed E-state index contributed by atoms with van der Waals surface area (Å²) in [6.45, 7) is 8.10. The Balaban J connectivity index is 1.73. The van der Waals surface area contributed by atoms with Gasteiger partial charge in [-0.3, -0.25) is 9.59 Å². The van der Waals surface area contributed by atoms with Crippen LogP contribution in [0.1, 0.15) is 19.4 Å². The second-order valence-electron chi connectivity index (χ2n) is 6.18. The number of nitrogens with zero attached hydrogens (tertiary/aromatic N) is 1. The zero-order chi connectivity index (χ0) is 19.6. The van der Waals surface area contributed by atoms with E-state index in [-0.39, 0.29) is 23.3 Å². The molecule has 2 amide bonds. The Labute approximate surface area is 165 Å². The molecular weight excluding hydrogens is 358 g/mol. The number of hydrogen-bond donors (Lipinski definition) is 2. The Morgan fingerprint density at radius 2 is 1.48 bits per heavy atom. The second kappa shape index (κ2) is 10.6. The first-order valence-corrected chi connectivity index (χ1v) is 10.3. The first-order chi connectivity index (χ1) is 13.0. The molecule has 2 rings (SSSR count). The Morgan fingerprint density at radius 1 is 0.889 bits per heavy atom. The number of benzene rings is 2. The van der Waals surface area contributed by atoms with Crippen molar-refractivity contribution in [2.24, 2.45) is 0 Å². The molecule has 0 fully saturated rings. The van der Waals surface area contributed by atoms with E-state index in [0.717, 1.165) is 35.7 Å². The summed E-state index contributed by atoms with van der Waals surface area (Å²) in [6, 6.07) is 15.5. The molecule has 5 nitrogen and oxygen atoms in total. The third-order valence-corrected chi connectivity index (χ3v) is 4.98. The van der Waals surface area contributed by atoms with Crippen LogP contribution in [0.25, 0.3) is 0 Å². The quantitative estimate of drug-likeness (QED) is 0.681. The van der Waals surface area contributed by atoms with E-state index >= 15 is 0 Å². The van der Waals surface area contributed by atoms with Gasteiger partial charge in [0.2, 0.25) is 11.8 Å². The van der Waals surface area contributed by atoms with Crippen LogP contribution < -0.4 is 15.5 Å². The van der Waals surface area contributed by atoms with Crippen LogP contribution in [0.15, 0.2) is 48.5 Å². The molecule has 0 aliphatic heterocycles. The van der Waals surface area contributed by atoms with Gasteiger partial charge in [-0.2, -0.15) is 0 Å². The minimum atomic E-state index is -0.112. The SMILES string of the molecule is CCN(CC)c1ccc(NC(=O)CSCC(=O)Nc2cccc(C)c2)cc1. The second-order valence-corrected chi connectivity index (χ2v) is 7.16. The van der Waals surface area contributed by atoms with Crippen molar-refractivity contribution in [2.45, 2.75) is 20.8 Å². The summed E-state index contributed by atoms with van der Waals surface area (Å²) in [5, 5.41) is 5.70. The Morgan fingerprint density at radius 3 is 2.04 bits per heavy atom. The van der Waals surface area contributed by atoms with E-state index < -0.39 is 0 Å². The third kappa shape index (κ3) is 6.98. The molecule has 0 bridgehead atoms. The standard InChI is InChI=1S/C21H27N3O2S/c1-4-24(5-2)19-11-9-17(10-12-19)22-20(25)14-27-15-21(26)23-18-8-6-7-16(3)13-18/h6-13H,4-5,14-15H2,1-3H3,(H,22,25)(H,23,26). The van der Waals surface area contributed by atoms with E-state index in [9.17, 15) is 9.59 Å². The molecule has 27 heavy (non-hydrogen) atoms. The van der Waals surface area contributed by atoms with Crippen molar-refractivity contribution in [2.75, 3.05) is 40.1 Å². The molecule has 0 aromatic heterocycles. The summed E-state index contributed by atoms with van der Waals surface area (Å²) in [6.07, 6.45) is 0. The number of aryl methyl sites for hydroxylation is 1. The van der Waals surface area contributed by atoms with E-state index in [0.29, 0.717) is 0 Å². The highest BCUT2D eigenvalue weighted by atomic mass is 32.2. The van der Waals surface area contributed by atoms with Gasteiger partial charge in [0.25, 0.3) is 0 Å². The number of nitrogens with one attached hydrogen (secondary N) is 2. The van der Waals surface area contributed by atoms with E-state index in [4.69, 9.17) is 0 Å². The predicted molar refractivity (Wildman–Crippen MR) is 116 cm³/mol. The van der Waals surface area contributed by atoms with Crippen molar-refractivity contribution >= 4 is 40.6 Å². The van der Waals surface area contributed by atoms with Crippen LogP contribution in [-0.4, -0.2) is 36.4 Å². The maximum atomic E-state index is 12.1. The smallest absolute Gasteiger partial charge is 0.234 e. The number of carbonyl (C=O) groups is 2. The van der Waals surface area contributed by atoms with Gasteiger partial charge in [-0.1, -0.05) is 12.1 Å². The van der Waals surface area contributed by atoms with Crippen LogP contribution in [0.4, 0.5) is 17.1 Å². The molecule has 0 saturated heterocycles. The lowest BCUT2D eigenvalue weighted by molar-refractivity contribution is -0.114. The average molecular weight is 386 g/mol. The van der Waals surface area contributed by atoms with Gasteiger partial charge in [0.05, 0.1) is 11.5 Å². The largest absolute Gasteiger partial charge is 0.372 e. The first-order valence-electron chi connectivity index (χ1n) is 9.11. The van der Waals surface area contributed by atoms with E-state index in [2.05, 4.69) is 29.4 Å². The van der Waals surface area contributed by atoms with E-state index in [1.807, 2.05) is 55.5 Å². The molecule has 0 aliphatic rings. The summed E-state index contributed by atoms with van der Waals surface area (Å²) in [7, 11) is 0. The number of carbonyl (C=O) groups excluding carboxylic acids is 2. The van der Waals surface area contributed by atoms with E-state index in [1.54, 1.807) is 0 Å². The highest BCUT2D eigenvalue weighted by Gasteiger charge is 2.07. The van der Waals surface area contributed by atoms with Crippen molar-refractivity contribution in [3.05, 3.63) is 54.1 Å². The Hall–Kier alpha value is -2.47. The fraction of sp³-hybridized carbons (Fsp3) is 0.333. The molecule has 0 heterocycles. The summed E-state index contributed by atoms with van der Waals surface area (Å²) < 4.78 is 0. The molecule has 6 heteroatoms. The number of rotatable bonds is 9. The van der Waals surface area contributed by atoms with Crippen LogP contribution in [0.2, 0.25) is 0 Å². The first kappa shape index (κ1) is 20.8.